The molecule has 1 heterocycles. The van der Waals surface area contributed by atoms with Crippen LogP contribution in [0.15, 0.2) is 16.5 Å². The molecule has 43 heavy (non-hydrogen) atoms. The fraction of sp³-hybridized carbons (Fsp3) is 0.719. The van der Waals surface area contributed by atoms with Gasteiger partial charge in [-0.3, -0.25) is 24.0 Å². The second kappa shape index (κ2) is 23.1. The lowest BCUT2D eigenvalue weighted by Gasteiger charge is -2.21. The van der Waals surface area contributed by atoms with Crippen molar-refractivity contribution in [1.29, 1.82) is 0 Å². The minimum Gasteiger partial charge on any atom is -0.481 e. The molecular weight excluding hydrogens is 556 g/mol. The van der Waals surface area contributed by atoms with E-state index >= 15 is 0 Å². The number of amides is 2. The Kier molecular flexibility index (Phi) is 20.3. The Morgan fingerprint density at radius 2 is 1.26 bits per heavy atom. The number of rotatable bonds is 27. The smallest absolute Gasteiger partial charge is 0.306 e. The van der Waals surface area contributed by atoms with Crippen molar-refractivity contribution in [3.8, 4) is 0 Å². The maximum Gasteiger partial charge on any atom is 0.306 e. The molecule has 0 saturated heterocycles. The fourth-order valence-corrected chi connectivity index (χ4v) is 4.76. The zero-order valence-corrected chi connectivity index (χ0v) is 25.8. The highest BCUT2D eigenvalue weighted by atomic mass is 16.4. The molecule has 0 aliphatic rings. The van der Waals surface area contributed by atoms with Gasteiger partial charge in [-0.25, -0.2) is 0 Å². The quantitative estimate of drug-likeness (QED) is 0.0841. The van der Waals surface area contributed by atoms with Crippen molar-refractivity contribution < 1.29 is 43.7 Å². The third-order valence-electron chi connectivity index (χ3n) is 7.48. The van der Waals surface area contributed by atoms with E-state index in [1.54, 1.807) is 13.0 Å². The summed E-state index contributed by atoms with van der Waals surface area (Å²) < 4.78 is 5.64. The van der Waals surface area contributed by atoms with Gasteiger partial charge in [-0.05, 0) is 37.8 Å². The van der Waals surface area contributed by atoms with Crippen molar-refractivity contribution >= 4 is 29.7 Å². The molecule has 0 aromatic carbocycles. The summed E-state index contributed by atoms with van der Waals surface area (Å²) in [6.07, 6.45) is 14.8. The van der Waals surface area contributed by atoms with Crippen LogP contribution in [0.4, 0.5) is 0 Å². The summed E-state index contributed by atoms with van der Waals surface area (Å²) in [5.74, 6) is -2.99. The van der Waals surface area contributed by atoms with Gasteiger partial charge in [-0.2, -0.15) is 0 Å². The monoisotopic (exact) mass is 608 g/mol. The molecule has 1 aromatic rings. The largest absolute Gasteiger partial charge is 0.481 e. The standard InChI is InChI=1S/C32H52N2O9/c1-25(32(41)42)16-14-15-22-33-31(40)27-20-19-26(43-27)24-34(23-21-30(38)39)28(35)17-12-10-8-6-4-2-3-5-7-9-11-13-18-29(36)37/h19-20,25H,2-18,21-24H2,1H3,(H,33,40)(H,36,37)(H,38,39)(H,41,42)/t25-/m0/s1. The lowest BCUT2D eigenvalue weighted by molar-refractivity contribution is -0.141. The highest BCUT2D eigenvalue weighted by Crippen LogP contribution is 2.16. The zero-order chi connectivity index (χ0) is 31.9. The topological polar surface area (TPSA) is 174 Å². The van der Waals surface area contributed by atoms with Gasteiger partial charge < -0.3 is 30.0 Å². The Labute approximate surface area is 255 Å². The second-order valence-electron chi connectivity index (χ2n) is 11.4. The number of carbonyl (C=O) groups excluding carboxylic acids is 2. The second-order valence-corrected chi connectivity index (χ2v) is 11.4. The van der Waals surface area contributed by atoms with Crippen LogP contribution in [0.5, 0.6) is 0 Å². The lowest BCUT2D eigenvalue weighted by Crippen LogP contribution is -2.32. The Bertz CT molecular complexity index is 976. The van der Waals surface area contributed by atoms with Crippen LogP contribution in [-0.2, 0) is 25.7 Å². The number of nitrogens with zero attached hydrogens (tertiary/aromatic N) is 1. The average molecular weight is 609 g/mol. The molecule has 0 unspecified atom stereocenters. The Morgan fingerprint density at radius 1 is 0.721 bits per heavy atom. The molecular formula is C32H52N2O9. The number of furan rings is 1. The van der Waals surface area contributed by atoms with E-state index in [1.807, 2.05) is 0 Å². The van der Waals surface area contributed by atoms with Crippen molar-refractivity contribution in [3.63, 3.8) is 0 Å². The Hall–Kier alpha value is -3.37. The molecule has 0 fully saturated rings. The van der Waals surface area contributed by atoms with Gasteiger partial charge in [0, 0.05) is 25.9 Å². The number of carboxylic acid groups (broad SMARTS) is 3. The minimum atomic E-state index is -0.992. The molecule has 1 atom stereocenters. The van der Waals surface area contributed by atoms with E-state index in [2.05, 4.69) is 5.32 Å². The van der Waals surface area contributed by atoms with Gasteiger partial charge in [0.25, 0.3) is 5.91 Å². The van der Waals surface area contributed by atoms with E-state index in [-0.39, 0.29) is 37.6 Å². The van der Waals surface area contributed by atoms with Crippen molar-refractivity contribution in [2.24, 2.45) is 5.92 Å². The van der Waals surface area contributed by atoms with Crippen LogP contribution in [-0.4, -0.2) is 63.0 Å². The normalized spacial score (nSPS) is 11.7. The first-order chi connectivity index (χ1) is 20.6. The van der Waals surface area contributed by atoms with Crippen molar-refractivity contribution in [2.75, 3.05) is 13.1 Å². The third-order valence-corrected chi connectivity index (χ3v) is 7.48. The number of hydrogen-bond acceptors (Lipinski definition) is 6. The van der Waals surface area contributed by atoms with E-state index in [0.29, 0.717) is 38.0 Å². The van der Waals surface area contributed by atoms with Crippen molar-refractivity contribution in [3.05, 3.63) is 23.7 Å². The van der Waals surface area contributed by atoms with Crippen LogP contribution < -0.4 is 5.32 Å². The number of carboxylic acids is 3. The van der Waals surface area contributed by atoms with Crippen LogP contribution in [0.2, 0.25) is 0 Å². The number of hydrogen-bond donors (Lipinski definition) is 4. The van der Waals surface area contributed by atoms with Gasteiger partial charge in [0.05, 0.1) is 18.9 Å². The van der Waals surface area contributed by atoms with Crippen LogP contribution in [0.1, 0.15) is 139 Å². The fourth-order valence-electron chi connectivity index (χ4n) is 4.76. The summed E-state index contributed by atoms with van der Waals surface area (Å²) in [4.78, 5) is 59.2. The molecule has 0 spiro atoms. The molecule has 2 amide bonds. The number of nitrogens with one attached hydrogen (secondary N) is 1. The number of aliphatic carboxylic acids is 3. The lowest BCUT2D eigenvalue weighted by atomic mass is 10.0. The Morgan fingerprint density at radius 3 is 1.79 bits per heavy atom. The molecule has 0 bridgehead atoms. The SMILES string of the molecule is C[C@@H](CCCCNC(=O)c1ccc(CN(CCC(=O)O)C(=O)CCCCCCCCCCCCCCC(=O)O)o1)C(=O)O. The summed E-state index contributed by atoms with van der Waals surface area (Å²) in [6, 6.07) is 3.14. The summed E-state index contributed by atoms with van der Waals surface area (Å²) in [6.45, 7) is 2.19. The Balaban J connectivity index is 2.29. The van der Waals surface area contributed by atoms with E-state index < -0.39 is 29.7 Å². The van der Waals surface area contributed by atoms with Crippen LogP contribution in [0.3, 0.4) is 0 Å². The van der Waals surface area contributed by atoms with E-state index in [9.17, 15) is 24.0 Å². The molecule has 4 N–H and O–H groups in total. The molecule has 0 saturated carbocycles. The van der Waals surface area contributed by atoms with Gasteiger partial charge in [-0.15, -0.1) is 0 Å². The minimum absolute atomic E-state index is 0.0602. The van der Waals surface area contributed by atoms with Crippen LogP contribution in [0.25, 0.3) is 0 Å². The van der Waals surface area contributed by atoms with Gasteiger partial charge in [0.15, 0.2) is 5.76 Å². The predicted octanol–water partition coefficient (Wildman–Crippen LogP) is 6.25. The van der Waals surface area contributed by atoms with Gasteiger partial charge in [0.1, 0.15) is 5.76 Å². The molecule has 1 rings (SSSR count). The molecule has 0 aliphatic heterocycles. The van der Waals surface area contributed by atoms with E-state index in [4.69, 9.17) is 19.7 Å². The van der Waals surface area contributed by atoms with Gasteiger partial charge in [0.2, 0.25) is 5.91 Å². The average Bonchev–Trinajstić information content (AvgIpc) is 3.43. The number of carbonyl (C=O) groups is 5. The van der Waals surface area contributed by atoms with Crippen LogP contribution in [0, 0.1) is 5.92 Å². The first kappa shape index (κ1) is 37.7. The molecule has 11 nitrogen and oxygen atoms in total. The predicted molar refractivity (Wildman–Crippen MR) is 162 cm³/mol. The molecule has 0 radical (unpaired) electrons. The maximum atomic E-state index is 12.9. The molecule has 11 heteroatoms. The summed E-state index contributed by atoms with van der Waals surface area (Å²) in [7, 11) is 0. The highest BCUT2D eigenvalue weighted by molar-refractivity contribution is 5.91. The summed E-state index contributed by atoms with van der Waals surface area (Å²) in [5, 5.41) is 29.4. The molecule has 244 valence electrons. The van der Waals surface area contributed by atoms with Crippen molar-refractivity contribution in [1.82, 2.24) is 10.2 Å². The first-order valence-electron chi connectivity index (χ1n) is 15.9. The maximum absolute atomic E-state index is 12.9. The molecule has 0 aliphatic carbocycles. The molecule has 1 aromatic heterocycles. The van der Waals surface area contributed by atoms with E-state index in [0.717, 1.165) is 57.8 Å². The first-order valence-corrected chi connectivity index (χ1v) is 15.9. The van der Waals surface area contributed by atoms with Gasteiger partial charge >= 0.3 is 17.9 Å². The highest BCUT2D eigenvalue weighted by Gasteiger charge is 2.18. The zero-order valence-electron chi connectivity index (χ0n) is 25.8. The summed E-state index contributed by atoms with van der Waals surface area (Å²) >= 11 is 0. The van der Waals surface area contributed by atoms with Crippen molar-refractivity contribution in [2.45, 2.75) is 129 Å². The summed E-state index contributed by atoms with van der Waals surface area (Å²) in [5.41, 5.74) is 0. The van der Waals surface area contributed by atoms with Gasteiger partial charge in [-0.1, -0.05) is 77.6 Å². The van der Waals surface area contributed by atoms with E-state index in [1.165, 1.54) is 30.2 Å². The number of unbranched alkanes of at least 4 members (excludes halogenated alkanes) is 12. The van der Waals surface area contributed by atoms with Crippen LogP contribution >= 0.6 is 0 Å². The third kappa shape index (κ3) is 19.4.